The summed E-state index contributed by atoms with van der Waals surface area (Å²) in [6, 6.07) is 0. The Bertz CT molecular complexity index is 1270. The van der Waals surface area contributed by atoms with Crippen LogP contribution in [-0.4, -0.2) is 42.2 Å². The Labute approximate surface area is 236 Å². The van der Waals surface area contributed by atoms with Gasteiger partial charge < -0.3 is 4.90 Å². The Kier molecular flexibility index (Phi) is 10.8. The van der Waals surface area contributed by atoms with Crippen molar-refractivity contribution in [3.05, 3.63) is 107 Å². The summed E-state index contributed by atoms with van der Waals surface area (Å²) in [4.78, 5) is 25.1. The summed E-state index contributed by atoms with van der Waals surface area (Å²) in [7, 11) is 1.75. The van der Waals surface area contributed by atoms with Gasteiger partial charge in [-0.25, -0.2) is 4.99 Å². The number of fused-ring (bicyclic) bond motifs is 1. The van der Waals surface area contributed by atoms with Crippen molar-refractivity contribution in [3.63, 3.8) is 0 Å². The zero-order chi connectivity index (χ0) is 28.5. The van der Waals surface area contributed by atoms with Crippen molar-refractivity contribution in [1.82, 2.24) is 4.90 Å². The number of hydrogen-bond donors (Lipinski definition) is 0. The molecule has 39 heavy (non-hydrogen) atoms. The number of hydrogen-bond acceptors (Lipinski definition) is 4. The Morgan fingerprint density at radius 3 is 2.74 bits per heavy atom. The highest BCUT2D eigenvalue weighted by molar-refractivity contribution is 6.20. The number of carbonyl (C=O) groups is 1. The third kappa shape index (κ3) is 7.98. The van der Waals surface area contributed by atoms with Crippen LogP contribution in [0.2, 0.25) is 0 Å². The molecule has 0 aromatic rings. The minimum Gasteiger partial charge on any atom is -0.371 e. The monoisotopic (exact) mass is 523 g/mol. The summed E-state index contributed by atoms with van der Waals surface area (Å²) in [5.41, 5.74) is 8.97. The second kappa shape index (κ2) is 14.0. The zero-order valence-electron chi connectivity index (χ0n) is 24.8. The molecule has 1 fully saturated rings. The quantitative estimate of drug-likeness (QED) is 0.183. The molecule has 3 aliphatic rings. The van der Waals surface area contributed by atoms with Crippen LogP contribution < -0.4 is 0 Å². The van der Waals surface area contributed by atoms with E-state index in [4.69, 9.17) is 4.99 Å². The van der Waals surface area contributed by atoms with Crippen LogP contribution in [0.4, 0.5) is 0 Å². The van der Waals surface area contributed by atoms with Crippen LogP contribution in [0.1, 0.15) is 60.3 Å². The highest BCUT2D eigenvalue weighted by Gasteiger charge is 2.22. The molecule has 2 heterocycles. The SMILES string of the molecule is C=C/C(C)=C\C(C)/C(=C\C(=NC)C1=CC(=O)CC2=CC=C(N3CC/C(=C\C)C[C@H](C)C3)C=CC2=N1)C(=C)CC. The number of likely N-dealkylation sites (tertiary alicyclic amines) is 1. The Hall–Kier alpha value is -3.53. The van der Waals surface area contributed by atoms with Crippen molar-refractivity contribution in [2.75, 3.05) is 20.1 Å². The van der Waals surface area contributed by atoms with Gasteiger partial charge in [-0.05, 0) is 80.4 Å². The lowest BCUT2D eigenvalue weighted by atomic mass is 9.90. The van der Waals surface area contributed by atoms with Crippen LogP contribution in [0.15, 0.2) is 117 Å². The molecule has 4 nitrogen and oxygen atoms in total. The maximum atomic E-state index is 13.1. The number of allylic oxidation sites excluding steroid dienone is 13. The molecular weight excluding hydrogens is 478 g/mol. The van der Waals surface area contributed by atoms with E-state index in [2.05, 4.69) is 87.2 Å². The van der Waals surface area contributed by atoms with E-state index >= 15 is 0 Å². The third-order valence-corrected chi connectivity index (χ3v) is 7.67. The maximum Gasteiger partial charge on any atom is 0.162 e. The van der Waals surface area contributed by atoms with Crippen molar-refractivity contribution < 1.29 is 4.79 Å². The van der Waals surface area contributed by atoms with Gasteiger partial charge in [0.15, 0.2) is 5.78 Å². The Morgan fingerprint density at radius 1 is 1.31 bits per heavy atom. The summed E-state index contributed by atoms with van der Waals surface area (Å²) in [5.74, 6) is 0.751. The number of carbonyl (C=O) groups excluding carboxylic acids is 1. The topological polar surface area (TPSA) is 45.0 Å². The molecule has 4 heteroatoms. The first-order chi connectivity index (χ1) is 18.7. The molecule has 0 aromatic carbocycles. The first-order valence-electron chi connectivity index (χ1n) is 14.2. The lowest BCUT2D eigenvalue weighted by Gasteiger charge is -2.25. The molecule has 1 aliphatic carbocycles. The second-order valence-corrected chi connectivity index (χ2v) is 10.8. The van der Waals surface area contributed by atoms with E-state index in [0.717, 1.165) is 60.4 Å². The van der Waals surface area contributed by atoms with E-state index in [-0.39, 0.29) is 11.7 Å². The van der Waals surface area contributed by atoms with Gasteiger partial charge in [0.05, 0.1) is 17.1 Å². The van der Waals surface area contributed by atoms with Crippen molar-refractivity contribution in [1.29, 1.82) is 0 Å². The molecule has 3 rings (SSSR count). The molecule has 1 saturated heterocycles. The summed E-state index contributed by atoms with van der Waals surface area (Å²) >= 11 is 0. The average Bonchev–Trinajstić information content (AvgIpc) is 3.30. The highest BCUT2D eigenvalue weighted by atomic mass is 16.1. The largest absolute Gasteiger partial charge is 0.371 e. The van der Waals surface area contributed by atoms with Gasteiger partial charge in [0.2, 0.25) is 0 Å². The molecule has 0 saturated carbocycles. The van der Waals surface area contributed by atoms with Crippen LogP contribution in [0, 0.1) is 11.8 Å². The summed E-state index contributed by atoms with van der Waals surface area (Å²) in [6.07, 6.45) is 21.8. The third-order valence-electron chi connectivity index (χ3n) is 7.67. The standard InChI is InChI=1S/C35H45N3O/c1-9-24(4)18-27(7)32(26(6)10-2)22-34(36-8)35-21-31(39)20-29-12-13-30(14-15-33(29)37-35)38-17-16-28(11-3)19-25(5)23-38/h9,11-15,18,21-22,25,27H,1,6,10,16-17,19-20,23H2,2-5,7-8H3/b24-18-,28-11+,32-22-,36-34?/t25-,27?/m0/s1. The number of nitrogens with zero attached hydrogens (tertiary/aromatic N) is 3. The van der Waals surface area contributed by atoms with Crippen LogP contribution in [0.5, 0.6) is 0 Å². The van der Waals surface area contributed by atoms with E-state index in [1.54, 1.807) is 13.1 Å². The number of aliphatic imine (C=N–C) groups is 2. The van der Waals surface area contributed by atoms with Gasteiger partial charge in [0.1, 0.15) is 0 Å². The fourth-order valence-corrected chi connectivity index (χ4v) is 5.32. The molecular formula is C35H45N3O. The second-order valence-electron chi connectivity index (χ2n) is 10.8. The van der Waals surface area contributed by atoms with Crippen molar-refractivity contribution >= 4 is 17.2 Å². The van der Waals surface area contributed by atoms with E-state index in [9.17, 15) is 4.79 Å². The van der Waals surface area contributed by atoms with Gasteiger partial charge in [0.25, 0.3) is 0 Å². The molecule has 206 valence electrons. The lowest BCUT2D eigenvalue weighted by molar-refractivity contribution is -0.113. The summed E-state index contributed by atoms with van der Waals surface area (Å²) in [6.45, 7) is 21.0. The van der Waals surface area contributed by atoms with Gasteiger partial charge in [-0.1, -0.05) is 75.0 Å². The fraction of sp³-hybridized carbons (Fsp3) is 0.400. The van der Waals surface area contributed by atoms with Gasteiger partial charge in [-0.15, -0.1) is 0 Å². The van der Waals surface area contributed by atoms with Crippen molar-refractivity contribution in [3.8, 4) is 0 Å². The Balaban J connectivity index is 1.97. The van der Waals surface area contributed by atoms with Crippen LogP contribution in [-0.2, 0) is 4.79 Å². The molecule has 0 spiro atoms. The number of rotatable bonds is 8. The van der Waals surface area contributed by atoms with Crippen LogP contribution in [0.3, 0.4) is 0 Å². The molecule has 1 unspecified atom stereocenters. The van der Waals surface area contributed by atoms with Crippen molar-refractivity contribution in [2.45, 2.75) is 60.3 Å². The van der Waals surface area contributed by atoms with Crippen LogP contribution in [0.25, 0.3) is 0 Å². The summed E-state index contributed by atoms with van der Waals surface area (Å²) in [5, 5.41) is 0. The zero-order valence-corrected chi connectivity index (χ0v) is 24.8. The Morgan fingerprint density at radius 2 is 2.08 bits per heavy atom. The predicted molar refractivity (Wildman–Crippen MR) is 168 cm³/mol. The molecule has 0 amide bonds. The van der Waals surface area contributed by atoms with Gasteiger partial charge in [0, 0.05) is 38.3 Å². The minimum atomic E-state index is 0.0298. The molecule has 0 N–H and O–H groups in total. The first kappa shape index (κ1) is 30.0. The molecule has 0 radical (unpaired) electrons. The number of ketones is 1. The van der Waals surface area contributed by atoms with E-state index in [1.807, 2.05) is 19.1 Å². The van der Waals surface area contributed by atoms with Gasteiger partial charge in [-0.2, -0.15) is 0 Å². The molecule has 0 aromatic heterocycles. The summed E-state index contributed by atoms with van der Waals surface area (Å²) < 4.78 is 0. The van der Waals surface area contributed by atoms with Crippen molar-refractivity contribution in [2.24, 2.45) is 21.8 Å². The van der Waals surface area contributed by atoms with Gasteiger partial charge >= 0.3 is 0 Å². The molecule has 2 aliphatic heterocycles. The normalized spacial score (nSPS) is 23.1. The average molecular weight is 524 g/mol. The predicted octanol–water partition coefficient (Wildman–Crippen LogP) is 8.07. The fourth-order valence-electron chi connectivity index (χ4n) is 5.32. The minimum absolute atomic E-state index is 0.0298. The molecule has 0 bridgehead atoms. The van der Waals surface area contributed by atoms with E-state index < -0.39 is 0 Å². The molecule has 2 atom stereocenters. The van der Waals surface area contributed by atoms with E-state index in [0.29, 0.717) is 23.7 Å². The van der Waals surface area contributed by atoms with Gasteiger partial charge in [-0.3, -0.25) is 9.79 Å². The smallest absolute Gasteiger partial charge is 0.162 e. The van der Waals surface area contributed by atoms with Crippen LogP contribution >= 0.6 is 0 Å². The maximum absolute atomic E-state index is 13.1. The van der Waals surface area contributed by atoms with E-state index in [1.165, 1.54) is 11.3 Å². The highest BCUT2D eigenvalue weighted by Crippen LogP contribution is 2.28. The first-order valence-corrected chi connectivity index (χ1v) is 14.2. The lowest BCUT2D eigenvalue weighted by Crippen LogP contribution is -2.26.